The fourth-order valence-corrected chi connectivity index (χ4v) is 3.12. The number of ketones is 1. The van der Waals surface area contributed by atoms with Crippen LogP contribution in [0.5, 0.6) is 0 Å². The number of amides is 1. The molecule has 0 spiro atoms. The molecule has 4 aromatic rings. The first kappa shape index (κ1) is 20.0. The highest BCUT2D eigenvalue weighted by Gasteiger charge is 2.17. The third-order valence-corrected chi connectivity index (χ3v) is 4.65. The minimum absolute atomic E-state index is 0.169. The summed E-state index contributed by atoms with van der Waals surface area (Å²) in [5.74, 6) is -0.123. The molecule has 1 amide bonds. The predicted octanol–water partition coefficient (Wildman–Crippen LogP) is 2.09. The van der Waals surface area contributed by atoms with Gasteiger partial charge in [-0.3, -0.25) is 14.4 Å². The van der Waals surface area contributed by atoms with E-state index in [9.17, 15) is 14.4 Å². The van der Waals surface area contributed by atoms with E-state index in [1.54, 1.807) is 77.7 Å². The smallest absolute Gasteiger partial charge is 0.266 e. The molecule has 0 atom stereocenters. The molecule has 2 heterocycles. The van der Waals surface area contributed by atoms with Gasteiger partial charge in [0.2, 0.25) is 0 Å². The minimum atomic E-state index is -0.392. The molecule has 0 fully saturated rings. The summed E-state index contributed by atoms with van der Waals surface area (Å²) in [6.07, 6.45) is 3.34. The molecule has 2 aromatic carbocycles. The van der Waals surface area contributed by atoms with Gasteiger partial charge in [-0.2, -0.15) is 5.10 Å². The van der Waals surface area contributed by atoms with Crippen molar-refractivity contribution in [3.05, 3.63) is 112 Å². The van der Waals surface area contributed by atoms with Gasteiger partial charge in [-0.15, -0.1) is 5.10 Å². The Hall–Kier alpha value is -4.33. The van der Waals surface area contributed by atoms with Crippen LogP contribution in [-0.4, -0.2) is 37.8 Å². The van der Waals surface area contributed by atoms with Gasteiger partial charge in [0.25, 0.3) is 11.5 Å². The van der Waals surface area contributed by atoms with E-state index in [-0.39, 0.29) is 30.0 Å². The van der Waals surface area contributed by atoms with Gasteiger partial charge in [0.1, 0.15) is 0 Å². The lowest BCUT2D eigenvalue weighted by Gasteiger charge is -2.11. The van der Waals surface area contributed by atoms with Crippen LogP contribution in [0.3, 0.4) is 0 Å². The van der Waals surface area contributed by atoms with Gasteiger partial charge in [0.15, 0.2) is 11.6 Å². The van der Waals surface area contributed by atoms with Crippen LogP contribution in [0.25, 0.3) is 5.82 Å². The molecule has 0 saturated carbocycles. The van der Waals surface area contributed by atoms with Crippen molar-refractivity contribution in [2.24, 2.45) is 0 Å². The second-order valence-corrected chi connectivity index (χ2v) is 6.70. The van der Waals surface area contributed by atoms with Crippen molar-refractivity contribution in [2.45, 2.75) is 6.54 Å². The number of benzene rings is 2. The second kappa shape index (κ2) is 9.00. The predicted molar refractivity (Wildman–Crippen MR) is 114 cm³/mol. The zero-order chi connectivity index (χ0) is 21.6. The van der Waals surface area contributed by atoms with Crippen LogP contribution in [0.15, 0.2) is 90.0 Å². The number of carbonyl (C=O) groups is 2. The average molecular weight is 413 g/mol. The van der Waals surface area contributed by atoms with Crippen LogP contribution >= 0.6 is 0 Å². The SMILES string of the molecule is O=C(NCCn1nc(-n2cccn2)ccc1=O)c1ccccc1C(=O)c1ccccc1. The summed E-state index contributed by atoms with van der Waals surface area (Å²) in [6, 6.07) is 20.2. The Bertz CT molecular complexity index is 1260. The highest BCUT2D eigenvalue weighted by Crippen LogP contribution is 2.14. The number of hydrogen-bond acceptors (Lipinski definition) is 5. The maximum absolute atomic E-state index is 12.8. The number of nitrogens with zero attached hydrogens (tertiary/aromatic N) is 4. The highest BCUT2D eigenvalue weighted by molar-refractivity contribution is 6.15. The normalized spacial score (nSPS) is 10.6. The summed E-state index contributed by atoms with van der Waals surface area (Å²) < 4.78 is 2.80. The van der Waals surface area contributed by atoms with Gasteiger partial charge in [0.05, 0.1) is 12.1 Å². The van der Waals surface area contributed by atoms with Crippen LogP contribution in [0.1, 0.15) is 26.3 Å². The fraction of sp³-hybridized carbons (Fsp3) is 0.0870. The molecule has 0 aliphatic carbocycles. The summed E-state index contributed by atoms with van der Waals surface area (Å²) in [5.41, 5.74) is 0.822. The molecule has 2 aromatic heterocycles. The molecule has 0 radical (unpaired) electrons. The topological polar surface area (TPSA) is 98.9 Å². The average Bonchev–Trinajstić information content (AvgIpc) is 3.35. The van der Waals surface area contributed by atoms with E-state index in [1.165, 1.54) is 10.7 Å². The molecule has 0 aliphatic heterocycles. The number of nitrogens with one attached hydrogen (secondary N) is 1. The molecule has 4 rings (SSSR count). The van der Waals surface area contributed by atoms with Crippen molar-refractivity contribution in [3.63, 3.8) is 0 Å². The van der Waals surface area contributed by atoms with Crippen molar-refractivity contribution in [3.8, 4) is 5.82 Å². The summed E-state index contributed by atoms with van der Waals surface area (Å²) in [6.45, 7) is 0.344. The van der Waals surface area contributed by atoms with E-state index in [2.05, 4.69) is 15.5 Å². The molecule has 154 valence electrons. The maximum atomic E-state index is 12.8. The van der Waals surface area contributed by atoms with Gasteiger partial charge in [0, 0.05) is 36.1 Å². The zero-order valence-corrected chi connectivity index (χ0v) is 16.5. The van der Waals surface area contributed by atoms with E-state index < -0.39 is 5.91 Å². The Morgan fingerprint density at radius 3 is 2.35 bits per heavy atom. The third kappa shape index (κ3) is 4.48. The van der Waals surface area contributed by atoms with Gasteiger partial charge < -0.3 is 5.32 Å². The van der Waals surface area contributed by atoms with E-state index >= 15 is 0 Å². The zero-order valence-electron chi connectivity index (χ0n) is 16.5. The summed E-state index contributed by atoms with van der Waals surface area (Å²) in [7, 11) is 0. The van der Waals surface area contributed by atoms with Crippen molar-refractivity contribution in [1.29, 1.82) is 0 Å². The van der Waals surface area contributed by atoms with Gasteiger partial charge >= 0.3 is 0 Å². The number of carbonyl (C=O) groups excluding carboxylic acids is 2. The van der Waals surface area contributed by atoms with Gasteiger partial charge in [-0.05, 0) is 18.2 Å². The van der Waals surface area contributed by atoms with E-state index in [1.807, 2.05) is 6.07 Å². The maximum Gasteiger partial charge on any atom is 0.266 e. The first-order chi connectivity index (χ1) is 15.1. The third-order valence-electron chi connectivity index (χ3n) is 4.65. The molecular formula is C23H19N5O3. The second-order valence-electron chi connectivity index (χ2n) is 6.70. The van der Waals surface area contributed by atoms with E-state index in [0.717, 1.165) is 0 Å². The number of aromatic nitrogens is 4. The van der Waals surface area contributed by atoms with Crippen molar-refractivity contribution < 1.29 is 9.59 Å². The Balaban J connectivity index is 1.46. The molecule has 0 bridgehead atoms. The Labute approximate surface area is 177 Å². The van der Waals surface area contributed by atoms with Crippen molar-refractivity contribution >= 4 is 11.7 Å². The number of hydrogen-bond donors (Lipinski definition) is 1. The van der Waals surface area contributed by atoms with Crippen molar-refractivity contribution in [2.75, 3.05) is 6.54 Å². The van der Waals surface area contributed by atoms with Gasteiger partial charge in [-0.1, -0.05) is 48.5 Å². The molecule has 31 heavy (non-hydrogen) atoms. The fourth-order valence-electron chi connectivity index (χ4n) is 3.12. The molecule has 8 heteroatoms. The molecule has 0 unspecified atom stereocenters. The summed E-state index contributed by atoms with van der Waals surface area (Å²) in [5, 5.41) is 11.1. The van der Waals surface area contributed by atoms with Crippen LogP contribution < -0.4 is 10.9 Å². The van der Waals surface area contributed by atoms with Crippen LogP contribution in [0.2, 0.25) is 0 Å². The Morgan fingerprint density at radius 1 is 0.871 bits per heavy atom. The van der Waals surface area contributed by atoms with Crippen LogP contribution in [0, 0.1) is 0 Å². The lowest BCUT2D eigenvalue weighted by Crippen LogP contribution is -2.33. The molecule has 0 aliphatic rings. The minimum Gasteiger partial charge on any atom is -0.350 e. The van der Waals surface area contributed by atoms with Crippen molar-refractivity contribution in [1.82, 2.24) is 24.9 Å². The molecular weight excluding hydrogens is 394 g/mol. The molecule has 1 N–H and O–H groups in total. The van der Waals surface area contributed by atoms with Crippen LogP contribution in [0.4, 0.5) is 0 Å². The van der Waals surface area contributed by atoms with Gasteiger partial charge in [-0.25, -0.2) is 9.36 Å². The standard InChI is InChI=1S/C23H19N5O3/c29-21-12-11-20(27-15-6-13-25-27)26-28(21)16-14-24-23(31)19-10-5-4-9-18(19)22(30)17-7-2-1-3-8-17/h1-13,15H,14,16H2,(H,24,31). The Kier molecular flexibility index (Phi) is 5.79. The lowest BCUT2D eigenvalue weighted by molar-refractivity contribution is 0.0940. The monoisotopic (exact) mass is 413 g/mol. The first-order valence-corrected chi connectivity index (χ1v) is 9.68. The quantitative estimate of drug-likeness (QED) is 0.468. The largest absolute Gasteiger partial charge is 0.350 e. The van der Waals surface area contributed by atoms with E-state index in [4.69, 9.17) is 0 Å². The first-order valence-electron chi connectivity index (χ1n) is 9.68. The van der Waals surface area contributed by atoms with Crippen LogP contribution in [-0.2, 0) is 6.54 Å². The van der Waals surface area contributed by atoms with E-state index in [0.29, 0.717) is 16.9 Å². The Morgan fingerprint density at radius 2 is 1.61 bits per heavy atom. The molecule has 0 saturated heterocycles. The highest BCUT2D eigenvalue weighted by atomic mass is 16.2. The summed E-state index contributed by atoms with van der Waals surface area (Å²) >= 11 is 0. The lowest BCUT2D eigenvalue weighted by atomic mass is 9.98. The number of rotatable bonds is 7. The summed E-state index contributed by atoms with van der Waals surface area (Å²) in [4.78, 5) is 37.7. The molecule has 8 nitrogen and oxygen atoms in total.